The predicted molar refractivity (Wildman–Crippen MR) is 65.7 cm³/mol. The Hall–Kier alpha value is -1.09. The second-order valence-electron chi connectivity index (χ2n) is 3.62. The molecule has 0 bridgehead atoms. The van der Waals surface area contributed by atoms with Crippen molar-refractivity contribution >= 4 is 23.0 Å². The lowest BCUT2D eigenvalue weighted by molar-refractivity contribution is 0.739. The van der Waals surface area contributed by atoms with Gasteiger partial charge in [-0.1, -0.05) is 12.1 Å². The maximum Gasteiger partial charge on any atom is 0.170 e. The maximum absolute atomic E-state index is 5.13. The van der Waals surface area contributed by atoms with Gasteiger partial charge in [-0.15, -0.1) is 0 Å². The summed E-state index contributed by atoms with van der Waals surface area (Å²) < 4.78 is 0. The molecule has 1 aromatic rings. The lowest BCUT2D eigenvalue weighted by atomic mass is 10.2. The van der Waals surface area contributed by atoms with Gasteiger partial charge in [0.15, 0.2) is 5.11 Å². The molecule has 76 valence electrons. The van der Waals surface area contributed by atoms with Gasteiger partial charge in [0.25, 0.3) is 0 Å². The van der Waals surface area contributed by atoms with E-state index in [0.717, 1.165) is 5.69 Å². The highest BCUT2D eigenvalue weighted by atomic mass is 32.1. The summed E-state index contributed by atoms with van der Waals surface area (Å²) in [6, 6.07) is 8.50. The smallest absolute Gasteiger partial charge is 0.170 e. The van der Waals surface area contributed by atoms with E-state index in [1.807, 2.05) is 12.1 Å². The summed E-state index contributed by atoms with van der Waals surface area (Å²) in [7, 11) is 0. The number of hydrogen-bond acceptors (Lipinski definition) is 1. The minimum atomic E-state index is 0.361. The molecule has 0 spiro atoms. The molecule has 0 amide bonds. The van der Waals surface area contributed by atoms with Crippen molar-refractivity contribution < 1.29 is 0 Å². The summed E-state index contributed by atoms with van der Waals surface area (Å²) in [5.41, 5.74) is 2.26. The van der Waals surface area contributed by atoms with Crippen molar-refractivity contribution in [3.05, 3.63) is 29.8 Å². The van der Waals surface area contributed by atoms with E-state index >= 15 is 0 Å². The Bertz CT molecular complexity index is 321. The standard InChI is InChI=1S/C11H16N2S/c1-8(2)12-11(14)13-10-6-4-5-9(3)7-10/h4-8H,1-3H3,(H2,12,13,14). The molecule has 0 heterocycles. The van der Waals surface area contributed by atoms with Gasteiger partial charge in [0.2, 0.25) is 0 Å². The van der Waals surface area contributed by atoms with Crippen LogP contribution in [0.3, 0.4) is 0 Å². The first kappa shape index (κ1) is 11.0. The molecule has 0 saturated carbocycles. The minimum Gasteiger partial charge on any atom is -0.360 e. The predicted octanol–water partition coefficient (Wildman–Crippen LogP) is 2.69. The summed E-state index contributed by atoms with van der Waals surface area (Å²) >= 11 is 5.13. The maximum atomic E-state index is 5.13. The molecule has 0 aliphatic carbocycles. The van der Waals surface area contributed by atoms with E-state index in [1.165, 1.54) is 5.56 Å². The first-order valence-electron chi connectivity index (χ1n) is 4.72. The molecule has 0 unspecified atom stereocenters. The Morgan fingerprint density at radius 3 is 2.64 bits per heavy atom. The summed E-state index contributed by atoms with van der Waals surface area (Å²) in [6.07, 6.45) is 0. The fourth-order valence-electron chi connectivity index (χ4n) is 1.15. The number of nitrogens with one attached hydrogen (secondary N) is 2. The lowest BCUT2D eigenvalue weighted by Crippen LogP contribution is -2.33. The highest BCUT2D eigenvalue weighted by Crippen LogP contribution is 2.09. The van der Waals surface area contributed by atoms with Gasteiger partial charge in [0, 0.05) is 11.7 Å². The van der Waals surface area contributed by atoms with Gasteiger partial charge >= 0.3 is 0 Å². The van der Waals surface area contributed by atoms with E-state index < -0.39 is 0 Å². The van der Waals surface area contributed by atoms with E-state index in [2.05, 4.69) is 43.5 Å². The number of rotatable bonds is 2. The second-order valence-corrected chi connectivity index (χ2v) is 4.03. The Morgan fingerprint density at radius 2 is 2.07 bits per heavy atom. The number of benzene rings is 1. The fraction of sp³-hybridized carbons (Fsp3) is 0.364. The van der Waals surface area contributed by atoms with E-state index in [-0.39, 0.29) is 0 Å². The number of thiocarbonyl (C=S) groups is 1. The number of anilines is 1. The van der Waals surface area contributed by atoms with Gasteiger partial charge in [-0.2, -0.15) is 0 Å². The van der Waals surface area contributed by atoms with Crippen molar-refractivity contribution in [2.75, 3.05) is 5.32 Å². The molecule has 2 nitrogen and oxygen atoms in total. The summed E-state index contributed by atoms with van der Waals surface area (Å²) in [5, 5.41) is 6.94. The van der Waals surface area contributed by atoms with Crippen LogP contribution in [0.2, 0.25) is 0 Å². The molecule has 0 aromatic heterocycles. The van der Waals surface area contributed by atoms with Crippen molar-refractivity contribution in [1.29, 1.82) is 0 Å². The summed E-state index contributed by atoms with van der Waals surface area (Å²) in [4.78, 5) is 0. The van der Waals surface area contributed by atoms with Crippen molar-refractivity contribution in [3.8, 4) is 0 Å². The van der Waals surface area contributed by atoms with Crippen molar-refractivity contribution in [1.82, 2.24) is 5.32 Å². The van der Waals surface area contributed by atoms with E-state index in [0.29, 0.717) is 11.2 Å². The summed E-state index contributed by atoms with van der Waals surface area (Å²) in [6.45, 7) is 6.18. The zero-order chi connectivity index (χ0) is 10.6. The van der Waals surface area contributed by atoms with Crippen molar-refractivity contribution in [2.45, 2.75) is 26.8 Å². The first-order chi connectivity index (χ1) is 6.58. The van der Waals surface area contributed by atoms with Gasteiger partial charge in [0.05, 0.1) is 0 Å². The third-order valence-electron chi connectivity index (χ3n) is 1.70. The number of hydrogen-bond donors (Lipinski definition) is 2. The van der Waals surface area contributed by atoms with Gasteiger partial charge in [-0.3, -0.25) is 0 Å². The molecule has 0 saturated heterocycles. The topological polar surface area (TPSA) is 24.1 Å². The molecule has 1 rings (SSSR count). The van der Waals surface area contributed by atoms with E-state index in [1.54, 1.807) is 0 Å². The molecule has 0 atom stereocenters. The fourth-order valence-corrected chi connectivity index (χ4v) is 1.51. The van der Waals surface area contributed by atoms with Crippen LogP contribution in [0.5, 0.6) is 0 Å². The molecule has 0 radical (unpaired) electrons. The third-order valence-corrected chi connectivity index (χ3v) is 1.92. The molecule has 14 heavy (non-hydrogen) atoms. The Morgan fingerprint density at radius 1 is 1.36 bits per heavy atom. The zero-order valence-corrected chi connectivity index (χ0v) is 9.61. The third kappa shape index (κ3) is 3.75. The highest BCUT2D eigenvalue weighted by molar-refractivity contribution is 7.80. The van der Waals surface area contributed by atoms with Gasteiger partial charge in [-0.05, 0) is 50.7 Å². The largest absolute Gasteiger partial charge is 0.360 e. The average Bonchev–Trinajstić information content (AvgIpc) is 2.01. The quantitative estimate of drug-likeness (QED) is 0.731. The van der Waals surface area contributed by atoms with Crippen LogP contribution < -0.4 is 10.6 Å². The van der Waals surface area contributed by atoms with Crippen LogP contribution >= 0.6 is 12.2 Å². The van der Waals surface area contributed by atoms with Crippen LogP contribution in [0.15, 0.2) is 24.3 Å². The van der Waals surface area contributed by atoms with Crippen molar-refractivity contribution in [3.63, 3.8) is 0 Å². The number of aryl methyl sites for hydroxylation is 1. The Kier molecular flexibility index (Phi) is 3.89. The molecule has 0 aliphatic heterocycles. The van der Waals surface area contributed by atoms with Gasteiger partial charge in [-0.25, -0.2) is 0 Å². The lowest BCUT2D eigenvalue weighted by Gasteiger charge is -2.13. The van der Waals surface area contributed by atoms with Crippen LogP contribution in [-0.4, -0.2) is 11.2 Å². The summed E-state index contributed by atoms with van der Waals surface area (Å²) in [5.74, 6) is 0. The van der Waals surface area contributed by atoms with Gasteiger partial charge < -0.3 is 10.6 Å². The van der Waals surface area contributed by atoms with Crippen LogP contribution in [0.25, 0.3) is 0 Å². The molecule has 2 N–H and O–H groups in total. The van der Waals surface area contributed by atoms with E-state index in [4.69, 9.17) is 12.2 Å². The average molecular weight is 208 g/mol. The monoisotopic (exact) mass is 208 g/mol. The minimum absolute atomic E-state index is 0.361. The molecule has 1 aromatic carbocycles. The Balaban J connectivity index is 2.56. The molecular weight excluding hydrogens is 192 g/mol. The highest BCUT2D eigenvalue weighted by Gasteiger charge is 1.98. The first-order valence-corrected chi connectivity index (χ1v) is 5.13. The van der Waals surface area contributed by atoms with Gasteiger partial charge in [0.1, 0.15) is 0 Å². The normalized spacial score (nSPS) is 10.0. The van der Waals surface area contributed by atoms with Crippen LogP contribution in [-0.2, 0) is 0 Å². The van der Waals surface area contributed by atoms with E-state index in [9.17, 15) is 0 Å². The zero-order valence-electron chi connectivity index (χ0n) is 8.79. The Labute approximate surface area is 90.7 Å². The molecular formula is C11H16N2S. The van der Waals surface area contributed by atoms with Crippen molar-refractivity contribution in [2.24, 2.45) is 0 Å². The second kappa shape index (κ2) is 4.96. The van der Waals surface area contributed by atoms with Crippen LogP contribution in [0, 0.1) is 6.92 Å². The van der Waals surface area contributed by atoms with Crippen LogP contribution in [0.4, 0.5) is 5.69 Å². The molecule has 0 aliphatic rings. The molecule has 3 heteroatoms. The van der Waals surface area contributed by atoms with Crippen LogP contribution in [0.1, 0.15) is 19.4 Å². The SMILES string of the molecule is Cc1cccc(NC(=S)NC(C)C)c1. The molecule has 0 fully saturated rings.